The van der Waals surface area contributed by atoms with Gasteiger partial charge in [0.15, 0.2) is 5.82 Å². The minimum Gasteiger partial charge on any atom is -0.494 e. The summed E-state index contributed by atoms with van der Waals surface area (Å²) < 4.78 is 87.5. The Morgan fingerprint density at radius 1 is 0.864 bits per heavy atom. The maximum Gasteiger partial charge on any atom is 0.416 e. The Bertz CT molecular complexity index is 2700. The summed E-state index contributed by atoms with van der Waals surface area (Å²) in [7, 11) is 0. The molecule has 0 fully saturated rings. The topological polar surface area (TPSA) is 234 Å². The number of nitrogens with zero attached hydrogens (tertiary/aromatic N) is 6. The molecule has 1 aromatic heterocycles. The van der Waals surface area contributed by atoms with Crippen LogP contribution in [0.3, 0.4) is 0 Å². The average molecular weight is 916 g/mol. The van der Waals surface area contributed by atoms with Crippen molar-refractivity contribution in [3.63, 3.8) is 0 Å². The molecule has 0 saturated heterocycles. The fourth-order valence-electron chi connectivity index (χ4n) is 5.66. The van der Waals surface area contributed by atoms with Crippen LogP contribution in [0.5, 0.6) is 11.5 Å². The minimum atomic E-state index is -4.59. The highest BCUT2D eigenvalue weighted by Gasteiger charge is 2.37. The van der Waals surface area contributed by atoms with E-state index in [1.165, 1.54) is 38.1 Å². The molecule has 0 spiro atoms. The van der Waals surface area contributed by atoms with Crippen LogP contribution in [0.15, 0.2) is 101 Å². The number of rotatable bonds is 9. The first kappa shape index (κ1) is 51.8. The number of carbonyl (C=O) groups is 3. The van der Waals surface area contributed by atoms with E-state index in [1.54, 1.807) is 48.5 Å². The Hall–Kier alpha value is -8.55. The van der Waals surface area contributed by atoms with Crippen molar-refractivity contribution < 1.29 is 55.0 Å². The number of halogens is 6. The summed E-state index contributed by atoms with van der Waals surface area (Å²) in [4.78, 5) is 60.7. The van der Waals surface area contributed by atoms with E-state index >= 15 is 0 Å². The zero-order valence-electron chi connectivity index (χ0n) is 35.4. The normalized spacial score (nSPS) is 11.8. The summed E-state index contributed by atoms with van der Waals surface area (Å²) in [5.41, 5.74) is 15.3. The number of aldehydes is 1. The van der Waals surface area contributed by atoms with Crippen molar-refractivity contribution in [2.45, 2.75) is 46.5 Å². The van der Waals surface area contributed by atoms with Gasteiger partial charge in [-0.3, -0.25) is 19.3 Å². The minimum absolute atomic E-state index is 0.00200. The van der Waals surface area contributed by atoms with Gasteiger partial charge in [0.05, 0.1) is 42.1 Å². The maximum absolute atomic E-state index is 13.4. The molecule has 0 radical (unpaired) electrons. The van der Waals surface area contributed by atoms with Gasteiger partial charge in [0.2, 0.25) is 12.0 Å². The number of nitriles is 1. The van der Waals surface area contributed by atoms with Crippen molar-refractivity contribution in [1.29, 1.82) is 5.26 Å². The third-order valence-electron chi connectivity index (χ3n) is 8.49. The van der Waals surface area contributed by atoms with Crippen LogP contribution in [0.4, 0.5) is 43.5 Å². The van der Waals surface area contributed by atoms with Crippen molar-refractivity contribution in [1.82, 2.24) is 9.97 Å². The molecule has 0 saturated carbocycles. The molecule has 1 aliphatic heterocycles. The lowest BCUT2D eigenvalue weighted by atomic mass is 10.1. The van der Waals surface area contributed by atoms with Gasteiger partial charge in [0, 0.05) is 16.7 Å². The largest absolute Gasteiger partial charge is 0.494 e. The maximum atomic E-state index is 13.4. The molecule has 2 amide bonds. The van der Waals surface area contributed by atoms with Gasteiger partial charge in [0.25, 0.3) is 11.7 Å². The number of ether oxygens (including phenoxy) is 2. The lowest BCUT2D eigenvalue weighted by Gasteiger charge is -2.20. The van der Waals surface area contributed by atoms with E-state index in [9.17, 15) is 45.5 Å². The van der Waals surface area contributed by atoms with Crippen molar-refractivity contribution in [3.05, 3.63) is 147 Å². The third kappa shape index (κ3) is 14.5. The van der Waals surface area contributed by atoms with Gasteiger partial charge in [-0.2, -0.15) is 36.6 Å². The van der Waals surface area contributed by atoms with Crippen molar-refractivity contribution in [2.75, 3.05) is 18.1 Å². The molecular weight excluding hydrogens is 877 g/mol. The van der Waals surface area contributed by atoms with E-state index < -0.39 is 35.3 Å². The van der Waals surface area contributed by atoms with E-state index in [0.29, 0.717) is 41.2 Å². The number of benzene rings is 4. The van der Waals surface area contributed by atoms with Gasteiger partial charge in [-0.1, -0.05) is 6.57 Å². The molecule has 1 aliphatic rings. The number of hydrogen-bond donors (Lipinski definition) is 3. The molecule has 6 N–H and O–H groups in total. The second-order valence-electron chi connectivity index (χ2n) is 13.4. The fourth-order valence-corrected chi connectivity index (χ4v) is 5.66. The Balaban J connectivity index is 0.000000286. The van der Waals surface area contributed by atoms with Crippen molar-refractivity contribution in [2.24, 2.45) is 22.2 Å². The molecule has 0 unspecified atom stereocenters. The van der Waals surface area contributed by atoms with Gasteiger partial charge in [-0.25, -0.2) is 14.8 Å². The van der Waals surface area contributed by atoms with Crippen LogP contribution in [0.1, 0.15) is 62.5 Å². The Morgan fingerprint density at radius 2 is 1.39 bits per heavy atom. The standard InChI is InChI=1S/C23H19F3N4O3.C9H6F3NO.C9H10O2.C4H4N4/c1-3-33-16-6-4-13(5-7-16)21-28-19(20(27)32)17-11-18(31)30(22(17)29-21)15-9-12(2)8-14(10-15)23(24,25)26;1-6-2-7(9(10,11)12)4-8(3-6)13-5-14;1-2-11-9-5-3-8(7-10)4-6-9;1-8-4(7)3(6)2-5/h4-10H,3,11H2,1-2H3,(H2,27,32);2-4H,1H3;3-7H,2H2,1H3;6-7H2/b;;;4-3+. The van der Waals surface area contributed by atoms with E-state index in [4.69, 9.17) is 38.5 Å². The number of aryl methyl sites for hydroxylation is 2. The number of amides is 2. The van der Waals surface area contributed by atoms with Gasteiger partial charge >= 0.3 is 12.4 Å². The predicted octanol–water partition coefficient (Wildman–Crippen LogP) is 8.58. The number of isocyanates is 1. The molecule has 342 valence electrons. The fraction of sp³-hybridized carbons (Fsp3) is 0.200. The number of allylic oxidation sites excluding steroid dienone is 1. The molecule has 21 heteroatoms. The highest BCUT2D eigenvalue weighted by molar-refractivity contribution is 6.09. The summed E-state index contributed by atoms with van der Waals surface area (Å²) in [6, 6.07) is 21.8. The van der Waals surface area contributed by atoms with Crippen LogP contribution in [0.25, 0.3) is 16.2 Å². The number of alkyl halides is 6. The quantitative estimate of drug-likeness (QED) is 0.0316. The summed E-state index contributed by atoms with van der Waals surface area (Å²) in [6.45, 7) is 14.2. The number of hydrogen-bond acceptors (Lipinski definition) is 12. The zero-order chi connectivity index (χ0) is 49.4. The van der Waals surface area contributed by atoms with Gasteiger partial charge in [-0.05, 0) is 124 Å². The molecule has 2 heterocycles. The molecular formula is C45H39F6N9O6. The molecule has 4 aromatic carbocycles. The Labute approximate surface area is 373 Å². The first-order chi connectivity index (χ1) is 31.1. The van der Waals surface area contributed by atoms with Gasteiger partial charge in [-0.15, -0.1) is 0 Å². The summed E-state index contributed by atoms with van der Waals surface area (Å²) in [5, 5.41) is 7.98. The van der Waals surface area contributed by atoms with Crippen LogP contribution < -0.4 is 31.6 Å². The first-order valence-corrected chi connectivity index (χ1v) is 19.0. The van der Waals surface area contributed by atoms with Gasteiger partial charge in [0.1, 0.15) is 41.1 Å². The number of aromatic nitrogens is 2. The lowest BCUT2D eigenvalue weighted by Crippen LogP contribution is -2.22. The zero-order valence-corrected chi connectivity index (χ0v) is 35.4. The predicted molar refractivity (Wildman–Crippen MR) is 229 cm³/mol. The number of anilines is 2. The second kappa shape index (κ2) is 23.2. The Kier molecular flexibility index (Phi) is 18.2. The summed E-state index contributed by atoms with van der Waals surface area (Å²) in [5.74, 6) is -0.0835. The highest BCUT2D eigenvalue weighted by atomic mass is 19.4. The molecule has 15 nitrogen and oxygen atoms in total. The van der Waals surface area contributed by atoms with Crippen LogP contribution >= 0.6 is 0 Å². The molecule has 0 aliphatic carbocycles. The SMILES string of the molecule is CCOc1ccc(-c2nc(C(N)=O)c3c(n2)N(c2cc(C)cc(C(F)(F)F)c2)C(=O)C3)cc1.CCOc1ccc(C=O)cc1.Cc1cc(N=C=O)cc(C(F)(F)F)c1.[C-]#[N+]/C(N)=C(/N)C#N. The monoisotopic (exact) mass is 915 g/mol. The smallest absolute Gasteiger partial charge is 0.416 e. The van der Waals surface area contributed by atoms with E-state index in [1.807, 2.05) is 13.8 Å². The van der Waals surface area contributed by atoms with Gasteiger partial charge < -0.3 is 31.5 Å². The van der Waals surface area contributed by atoms with E-state index in [0.717, 1.165) is 41.2 Å². The Morgan fingerprint density at radius 3 is 1.85 bits per heavy atom. The number of aliphatic imine (C=N–C) groups is 1. The van der Waals surface area contributed by atoms with E-state index in [2.05, 4.69) is 19.8 Å². The molecule has 0 atom stereocenters. The van der Waals surface area contributed by atoms with Crippen LogP contribution in [-0.2, 0) is 28.4 Å². The average Bonchev–Trinajstić information content (AvgIpc) is 3.61. The highest BCUT2D eigenvalue weighted by Crippen LogP contribution is 2.40. The first-order valence-electron chi connectivity index (χ1n) is 19.0. The van der Waals surface area contributed by atoms with Crippen molar-refractivity contribution in [3.8, 4) is 29.0 Å². The summed E-state index contributed by atoms with van der Waals surface area (Å²) >= 11 is 0. The molecule has 5 aromatic rings. The second-order valence-corrected chi connectivity index (χ2v) is 13.4. The van der Waals surface area contributed by atoms with E-state index in [-0.39, 0.29) is 52.2 Å². The number of carbonyl (C=O) groups excluding carboxylic acids is 4. The van der Waals surface area contributed by atoms with Crippen LogP contribution in [0.2, 0.25) is 0 Å². The third-order valence-corrected chi connectivity index (χ3v) is 8.49. The number of primary amides is 1. The van der Waals surface area contributed by atoms with Crippen molar-refractivity contribution >= 4 is 41.4 Å². The lowest BCUT2D eigenvalue weighted by molar-refractivity contribution is -0.138. The molecule has 66 heavy (non-hydrogen) atoms. The van der Waals surface area contributed by atoms with Crippen LogP contribution in [-0.4, -0.2) is 47.4 Å². The summed E-state index contributed by atoms with van der Waals surface area (Å²) in [6.07, 6.45) is -7.26. The molecule has 6 rings (SSSR count). The number of fused-ring (bicyclic) bond motifs is 1. The van der Waals surface area contributed by atoms with Crippen LogP contribution in [0, 0.1) is 31.8 Å². The number of nitrogens with two attached hydrogens (primary N) is 3. The molecule has 0 bridgehead atoms.